The van der Waals surface area contributed by atoms with Gasteiger partial charge in [0.05, 0.1) is 12.8 Å². The summed E-state index contributed by atoms with van der Waals surface area (Å²) in [6.45, 7) is 7.82. The fraction of sp³-hybridized carbons (Fsp3) is 0.625. The molecule has 2 rings (SSSR count). The second-order valence-electron chi connectivity index (χ2n) is 5.89. The normalized spacial score (nSPS) is 23.5. The summed E-state index contributed by atoms with van der Waals surface area (Å²) in [6, 6.07) is 6.55. The molecule has 0 radical (unpaired) electrons. The van der Waals surface area contributed by atoms with Crippen molar-refractivity contribution in [2.75, 3.05) is 32.1 Å². The first-order valence-electron chi connectivity index (χ1n) is 7.20. The average molecular weight is 262 g/mol. The molecular weight excluding hydrogens is 236 g/mol. The predicted molar refractivity (Wildman–Crippen MR) is 80.9 cm³/mol. The lowest BCUT2D eigenvalue weighted by Gasteiger charge is -2.37. The van der Waals surface area contributed by atoms with E-state index in [1.165, 1.54) is 17.7 Å². The van der Waals surface area contributed by atoms with Crippen LogP contribution in [0.5, 0.6) is 5.75 Å². The van der Waals surface area contributed by atoms with Crippen LogP contribution in [-0.2, 0) is 6.54 Å². The van der Waals surface area contributed by atoms with E-state index in [-0.39, 0.29) is 0 Å². The van der Waals surface area contributed by atoms with Crippen LogP contribution in [0.3, 0.4) is 0 Å². The van der Waals surface area contributed by atoms with Crippen LogP contribution in [0.25, 0.3) is 0 Å². The van der Waals surface area contributed by atoms with Crippen LogP contribution in [0.15, 0.2) is 18.2 Å². The van der Waals surface area contributed by atoms with E-state index in [4.69, 9.17) is 4.74 Å². The Labute approximate surface area is 116 Å². The third-order valence-electron chi connectivity index (χ3n) is 3.83. The summed E-state index contributed by atoms with van der Waals surface area (Å²) in [4.78, 5) is 2.47. The molecular formula is C16H26N2O. The fourth-order valence-electron chi connectivity index (χ4n) is 3.16. The minimum Gasteiger partial charge on any atom is -0.495 e. The van der Waals surface area contributed by atoms with Crippen molar-refractivity contribution < 1.29 is 4.74 Å². The number of benzene rings is 1. The number of anilines is 1. The van der Waals surface area contributed by atoms with Crippen LogP contribution >= 0.6 is 0 Å². The smallest absolute Gasteiger partial charge is 0.142 e. The second-order valence-corrected chi connectivity index (χ2v) is 5.89. The minimum atomic E-state index is 0.755. The van der Waals surface area contributed by atoms with Gasteiger partial charge in [-0.3, -0.25) is 0 Å². The van der Waals surface area contributed by atoms with Crippen molar-refractivity contribution in [2.24, 2.45) is 11.8 Å². The summed E-state index contributed by atoms with van der Waals surface area (Å²) in [5.41, 5.74) is 2.50. The van der Waals surface area contributed by atoms with Crippen LogP contribution in [0.2, 0.25) is 0 Å². The maximum Gasteiger partial charge on any atom is 0.142 e. The summed E-state index contributed by atoms with van der Waals surface area (Å²) in [7, 11) is 3.73. The van der Waals surface area contributed by atoms with E-state index in [0.717, 1.165) is 37.2 Å². The molecule has 0 amide bonds. The molecule has 0 aromatic heterocycles. The molecule has 1 heterocycles. The molecule has 1 aromatic carbocycles. The Morgan fingerprint density at radius 2 is 1.95 bits per heavy atom. The third-order valence-corrected chi connectivity index (χ3v) is 3.83. The molecule has 1 aliphatic heterocycles. The molecule has 3 heteroatoms. The Balaban J connectivity index is 2.23. The maximum absolute atomic E-state index is 5.59. The SMILES string of the molecule is CNCc1ccc(N2CC(C)CC(C)C2)c(OC)c1. The molecule has 0 aliphatic carbocycles. The standard InChI is InChI=1S/C16H26N2O/c1-12-7-13(2)11-18(10-12)15-6-5-14(9-17-3)8-16(15)19-4/h5-6,8,12-13,17H,7,9-11H2,1-4H3. The Morgan fingerprint density at radius 3 is 2.53 bits per heavy atom. The lowest BCUT2D eigenvalue weighted by atomic mass is 9.91. The Kier molecular flexibility index (Phi) is 4.70. The van der Waals surface area contributed by atoms with Gasteiger partial charge < -0.3 is 15.0 Å². The molecule has 1 fully saturated rings. The molecule has 1 aliphatic rings. The van der Waals surface area contributed by atoms with E-state index in [9.17, 15) is 0 Å². The van der Waals surface area contributed by atoms with Crippen molar-refractivity contribution in [2.45, 2.75) is 26.8 Å². The van der Waals surface area contributed by atoms with Gasteiger partial charge in [0.1, 0.15) is 5.75 Å². The molecule has 2 atom stereocenters. The van der Waals surface area contributed by atoms with Crippen LogP contribution < -0.4 is 15.0 Å². The lowest BCUT2D eigenvalue weighted by Crippen LogP contribution is -2.38. The molecule has 1 N–H and O–H groups in total. The summed E-state index contributed by atoms with van der Waals surface area (Å²) in [5, 5.41) is 3.18. The zero-order chi connectivity index (χ0) is 13.8. The first-order valence-corrected chi connectivity index (χ1v) is 7.20. The van der Waals surface area contributed by atoms with E-state index in [2.05, 4.69) is 42.3 Å². The summed E-state index contributed by atoms with van der Waals surface area (Å²) in [6.07, 6.45) is 1.33. The maximum atomic E-state index is 5.59. The van der Waals surface area contributed by atoms with Crippen molar-refractivity contribution >= 4 is 5.69 Å². The summed E-state index contributed by atoms with van der Waals surface area (Å²) in [5.74, 6) is 2.50. The monoisotopic (exact) mass is 262 g/mol. The Morgan fingerprint density at radius 1 is 1.26 bits per heavy atom. The second kappa shape index (κ2) is 6.29. The molecule has 106 valence electrons. The van der Waals surface area contributed by atoms with Crippen LogP contribution in [0.1, 0.15) is 25.8 Å². The minimum absolute atomic E-state index is 0.755. The number of rotatable bonds is 4. The van der Waals surface area contributed by atoms with Crippen molar-refractivity contribution in [3.05, 3.63) is 23.8 Å². The summed E-state index contributed by atoms with van der Waals surface area (Å²) < 4.78 is 5.59. The number of ether oxygens (including phenoxy) is 1. The first-order chi connectivity index (χ1) is 9.13. The van der Waals surface area contributed by atoms with Crippen LogP contribution in [-0.4, -0.2) is 27.2 Å². The molecule has 1 aromatic rings. The molecule has 0 bridgehead atoms. The zero-order valence-corrected chi connectivity index (χ0v) is 12.6. The van der Waals surface area contributed by atoms with Gasteiger partial charge in [0.2, 0.25) is 0 Å². The van der Waals surface area contributed by atoms with Crippen molar-refractivity contribution in [1.29, 1.82) is 0 Å². The van der Waals surface area contributed by atoms with Crippen LogP contribution in [0, 0.1) is 11.8 Å². The average Bonchev–Trinajstić information content (AvgIpc) is 2.37. The van der Waals surface area contributed by atoms with Gasteiger partial charge in [-0.1, -0.05) is 19.9 Å². The largest absolute Gasteiger partial charge is 0.495 e. The summed E-state index contributed by atoms with van der Waals surface area (Å²) >= 11 is 0. The highest BCUT2D eigenvalue weighted by Crippen LogP contribution is 2.33. The highest BCUT2D eigenvalue weighted by Gasteiger charge is 2.23. The molecule has 0 spiro atoms. The van der Waals surface area contributed by atoms with Gasteiger partial charge in [-0.15, -0.1) is 0 Å². The molecule has 1 saturated heterocycles. The van der Waals surface area contributed by atoms with Gasteiger partial charge in [-0.05, 0) is 43.0 Å². The van der Waals surface area contributed by atoms with E-state index in [1.807, 2.05) is 7.05 Å². The molecule has 0 saturated carbocycles. The van der Waals surface area contributed by atoms with Crippen molar-refractivity contribution in [1.82, 2.24) is 5.32 Å². The fourth-order valence-corrected chi connectivity index (χ4v) is 3.16. The number of nitrogens with zero attached hydrogens (tertiary/aromatic N) is 1. The van der Waals surface area contributed by atoms with Gasteiger partial charge >= 0.3 is 0 Å². The molecule has 2 unspecified atom stereocenters. The zero-order valence-electron chi connectivity index (χ0n) is 12.6. The highest BCUT2D eigenvalue weighted by molar-refractivity contribution is 5.60. The Hall–Kier alpha value is -1.22. The predicted octanol–water partition coefficient (Wildman–Crippen LogP) is 2.90. The topological polar surface area (TPSA) is 24.5 Å². The van der Waals surface area contributed by atoms with Gasteiger partial charge in [0, 0.05) is 19.6 Å². The quantitative estimate of drug-likeness (QED) is 0.903. The molecule has 3 nitrogen and oxygen atoms in total. The van der Waals surface area contributed by atoms with Crippen LogP contribution in [0.4, 0.5) is 5.69 Å². The van der Waals surface area contributed by atoms with E-state index in [0.29, 0.717) is 0 Å². The number of piperidine rings is 1. The van der Waals surface area contributed by atoms with E-state index in [1.54, 1.807) is 7.11 Å². The van der Waals surface area contributed by atoms with Crippen molar-refractivity contribution in [3.63, 3.8) is 0 Å². The van der Waals surface area contributed by atoms with E-state index >= 15 is 0 Å². The van der Waals surface area contributed by atoms with E-state index < -0.39 is 0 Å². The lowest BCUT2D eigenvalue weighted by molar-refractivity contribution is 0.351. The molecule has 19 heavy (non-hydrogen) atoms. The highest BCUT2D eigenvalue weighted by atomic mass is 16.5. The number of nitrogens with one attached hydrogen (secondary N) is 1. The third kappa shape index (κ3) is 3.41. The van der Waals surface area contributed by atoms with Gasteiger partial charge in [-0.25, -0.2) is 0 Å². The Bertz CT molecular complexity index is 409. The van der Waals surface area contributed by atoms with Gasteiger partial charge in [0.25, 0.3) is 0 Å². The van der Waals surface area contributed by atoms with Crippen molar-refractivity contribution in [3.8, 4) is 5.75 Å². The number of hydrogen-bond acceptors (Lipinski definition) is 3. The first kappa shape index (κ1) is 14.2. The van der Waals surface area contributed by atoms with Gasteiger partial charge in [-0.2, -0.15) is 0 Å². The van der Waals surface area contributed by atoms with Gasteiger partial charge in [0.15, 0.2) is 0 Å². The number of methoxy groups -OCH3 is 1. The number of hydrogen-bond donors (Lipinski definition) is 1.